The summed E-state index contributed by atoms with van der Waals surface area (Å²) in [6.45, 7) is 9.37. The number of thioether (sulfide) groups is 1. The first-order valence-electron chi connectivity index (χ1n) is 10.4. The number of methoxy groups -OCH3 is 1. The third-order valence-electron chi connectivity index (χ3n) is 5.48. The molecule has 4 aromatic rings. The highest BCUT2D eigenvalue weighted by Crippen LogP contribution is 2.34. The van der Waals surface area contributed by atoms with E-state index in [9.17, 15) is 9.59 Å². The number of rotatable bonds is 10. The van der Waals surface area contributed by atoms with Crippen LogP contribution in [0.1, 0.15) is 21.7 Å². The number of carbonyl (C=O) groups excluding carboxylic acids is 1. The first-order valence-corrected chi connectivity index (χ1v) is 13.2. The highest BCUT2D eigenvalue weighted by Gasteiger charge is 2.20. The van der Waals surface area contributed by atoms with E-state index in [2.05, 4.69) is 11.1 Å². The van der Waals surface area contributed by atoms with Gasteiger partial charge in [0.05, 0.1) is 17.7 Å². The number of thiophene rings is 2. The average molecular weight is 500 g/mol. The van der Waals surface area contributed by atoms with Gasteiger partial charge in [-0.3, -0.25) is 14.2 Å². The normalized spacial score (nSPS) is 11.4. The lowest BCUT2D eigenvalue weighted by atomic mass is 10.2. The molecule has 33 heavy (non-hydrogen) atoms. The summed E-state index contributed by atoms with van der Waals surface area (Å²) in [7, 11) is 1.67. The lowest BCUT2D eigenvalue weighted by Gasteiger charge is -2.11. The Morgan fingerprint density at radius 1 is 1.30 bits per heavy atom. The van der Waals surface area contributed by atoms with Gasteiger partial charge in [0.2, 0.25) is 0 Å². The van der Waals surface area contributed by atoms with Crippen LogP contribution >= 0.6 is 34.4 Å². The molecule has 172 valence electrons. The van der Waals surface area contributed by atoms with E-state index in [0.29, 0.717) is 40.6 Å². The molecule has 0 aliphatic heterocycles. The number of carbonyl (C=O) groups is 1. The standard InChI is InChI=1S/C24H25N3O3S3/c1-5-8-27-23(29)21-18(20-7-6-11-31-20)13-32-22(21)25-24(27)33-14-19(28)17-12-15(2)26(16(17)3)9-10-30-4/h5-7,11-13H,1,8-10,14H2,2-4H3. The fraction of sp³-hybridized carbons (Fsp3) is 0.292. The predicted octanol–water partition coefficient (Wildman–Crippen LogP) is 5.41. The molecule has 0 aliphatic rings. The maximum absolute atomic E-state index is 13.4. The number of ether oxygens (including phenoxy) is 1. The first kappa shape index (κ1) is 23.7. The molecule has 4 aromatic heterocycles. The van der Waals surface area contributed by atoms with Gasteiger partial charge in [-0.05, 0) is 31.4 Å². The molecule has 6 nitrogen and oxygen atoms in total. The maximum atomic E-state index is 13.4. The maximum Gasteiger partial charge on any atom is 0.263 e. The van der Waals surface area contributed by atoms with Crippen molar-refractivity contribution < 1.29 is 9.53 Å². The van der Waals surface area contributed by atoms with E-state index in [-0.39, 0.29) is 17.1 Å². The molecule has 4 heterocycles. The fourth-order valence-electron chi connectivity index (χ4n) is 3.84. The van der Waals surface area contributed by atoms with Gasteiger partial charge in [0.15, 0.2) is 10.9 Å². The van der Waals surface area contributed by atoms with Crippen LogP contribution in [0.3, 0.4) is 0 Å². The molecule has 0 unspecified atom stereocenters. The molecule has 0 fully saturated rings. The summed E-state index contributed by atoms with van der Waals surface area (Å²) in [5, 5.41) is 5.14. The average Bonchev–Trinajstić information content (AvgIpc) is 3.53. The summed E-state index contributed by atoms with van der Waals surface area (Å²) in [6.07, 6.45) is 1.68. The molecule has 0 saturated carbocycles. The van der Waals surface area contributed by atoms with E-state index in [0.717, 1.165) is 21.8 Å². The summed E-state index contributed by atoms with van der Waals surface area (Å²) >= 11 is 4.35. The van der Waals surface area contributed by atoms with Crippen LogP contribution in [0.25, 0.3) is 20.7 Å². The molecule has 4 rings (SSSR count). The Balaban J connectivity index is 1.64. The Hall–Kier alpha value is -2.46. The van der Waals surface area contributed by atoms with Crippen molar-refractivity contribution in [2.24, 2.45) is 0 Å². The van der Waals surface area contributed by atoms with Gasteiger partial charge in [-0.2, -0.15) is 0 Å². The van der Waals surface area contributed by atoms with Crippen LogP contribution in [0.4, 0.5) is 0 Å². The summed E-state index contributed by atoms with van der Waals surface area (Å²) in [6, 6.07) is 5.91. The third-order valence-corrected chi connectivity index (χ3v) is 8.23. The van der Waals surface area contributed by atoms with Gasteiger partial charge in [0.25, 0.3) is 5.56 Å². The molecule has 0 aromatic carbocycles. The number of ketones is 1. The van der Waals surface area contributed by atoms with E-state index in [1.807, 2.05) is 42.8 Å². The molecule has 0 atom stereocenters. The number of hydrogen-bond donors (Lipinski definition) is 0. The molecule has 0 amide bonds. The third kappa shape index (κ3) is 4.63. The van der Waals surface area contributed by atoms with Gasteiger partial charge in [-0.15, -0.1) is 29.3 Å². The van der Waals surface area contributed by atoms with Crippen LogP contribution in [0.2, 0.25) is 0 Å². The van der Waals surface area contributed by atoms with Crippen LogP contribution in [-0.4, -0.2) is 39.4 Å². The van der Waals surface area contributed by atoms with Gasteiger partial charge < -0.3 is 9.30 Å². The van der Waals surface area contributed by atoms with Crippen LogP contribution in [0, 0.1) is 13.8 Å². The van der Waals surface area contributed by atoms with E-state index in [4.69, 9.17) is 9.72 Å². The Morgan fingerprint density at radius 2 is 2.12 bits per heavy atom. The molecule has 0 N–H and O–H groups in total. The van der Waals surface area contributed by atoms with Gasteiger partial charge in [0.1, 0.15) is 4.83 Å². The van der Waals surface area contributed by atoms with E-state index < -0.39 is 0 Å². The zero-order valence-corrected chi connectivity index (χ0v) is 21.2. The van der Waals surface area contributed by atoms with Crippen molar-refractivity contribution in [3.63, 3.8) is 0 Å². The largest absolute Gasteiger partial charge is 0.383 e. The molecular weight excluding hydrogens is 474 g/mol. The van der Waals surface area contributed by atoms with E-state index in [1.54, 1.807) is 29.1 Å². The Bertz CT molecular complexity index is 1360. The second kappa shape index (κ2) is 10.2. The topological polar surface area (TPSA) is 66.1 Å². The molecular formula is C24H25N3O3S3. The van der Waals surface area contributed by atoms with Crippen molar-refractivity contribution >= 4 is 50.4 Å². The van der Waals surface area contributed by atoms with Crippen molar-refractivity contribution in [3.8, 4) is 10.4 Å². The Morgan fingerprint density at radius 3 is 2.82 bits per heavy atom. The van der Waals surface area contributed by atoms with E-state index in [1.165, 1.54) is 23.1 Å². The molecule has 0 bridgehead atoms. The highest BCUT2D eigenvalue weighted by atomic mass is 32.2. The lowest BCUT2D eigenvalue weighted by Crippen LogP contribution is -2.23. The van der Waals surface area contributed by atoms with Crippen LogP contribution in [0.15, 0.2) is 51.6 Å². The second-order valence-corrected chi connectivity index (χ2v) is 10.3. The Labute approximate surface area is 204 Å². The van der Waals surface area contributed by atoms with Crippen molar-refractivity contribution in [1.82, 2.24) is 14.1 Å². The van der Waals surface area contributed by atoms with Crippen molar-refractivity contribution in [3.05, 3.63) is 68.9 Å². The molecule has 0 aliphatic carbocycles. The monoisotopic (exact) mass is 499 g/mol. The minimum absolute atomic E-state index is 0.0155. The number of hydrogen-bond acceptors (Lipinski definition) is 7. The smallest absolute Gasteiger partial charge is 0.263 e. The Kier molecular flexibility index (Phi) is 7.33. The summed E-state index contributed by atoms with van der Waals surface area (Å²) in [4.78, 5) is 33.0. The number of Topliss-reactive ketones (excluding diaryl/α,β-unsaturated/α-hetero) is 1. The van der Waals surface area contributed by atoms with E-state index >= 15 is 0 Å². The van der Waals surface area contributed by atoms with Gasteiger partial charge >= 0.3 is 0 Å². The van der Waals surface area contributed by atoms with Crippen LogP contribution < -0.4 is 5.56 Å². The minimum atomic E-state index is -0.0998. The van der Waals surface area contributed by atoms with Gasteiger partial charge in [-0.1, -0.05) is 23.9 Å². The first-order chi connectivity index (χ1) is 16.0. The van der Waals surface area contributed by atoms with Crippen molar-refractivity contribution in [1.29, 1.82) is 0 Å². The fourth-order valence-corrected chi connectivity index (χ4v) is 6.53. The molecule has 0 saturated heterocycles. The van der Waals surface area contributed by atoms with Gasteiger partial charge in [0, 0.05) is 53.0 Å². The van der Waals surface area contributed by atoms with Crippen molar-refractivity contribution in [2.75, 3.05) is 19.5 Å². The quantitative estimate of drug-likeness (QED) is 0.126. The lowest BCUT2D eigenvalue weighted by molar-refractivity contribution is 0.102. The van der Waals surface area contributed by atoms with Crippen molar-refractivity contribution in [2.45, 2.75) is 32.1 Å². The summed E-state index contributed by atoms with van der Waals surface area (Å²) in [5.41, 5.74) is 3.47. The number of aryl methyl sites for hydroxylation is 1. The number of fused-ring (bicyclic) bond motifs is 1. The molecule has 0 spiro atoms. The van der Waals surface area contributed by atoms with Crippen LogP contribution in [-0.2, 0) is 17.8 Å². The van der Waals surface area contributed by atoms with Gasteiger partial charge in [-0.25, -0.2) is 4.98 Å². The number of aromatic nitrogens is 3. The zero-order valence-electron chi connectivity index (χ0n) is 18.8. The molecule has 9 heteroatoms. The predicted molar refractivity (Wildman–Crippen MR) is 138 cm³/mol. The summed E-state index contributed by atoms with van der Waals surface area (Å²) < 4.78 is 8.89. The minimum Gasteiger partial charge on any atom is -0.383 e. The number of allylic oxidation sites excluding steroid dienone is 1. The van der Waals surface area contributed by atoms with Crippen LogP contribution in [0.5, 0.6) is 0 Å². The number of nitrogens with zero attached hydrogens (tertiary/aromatic N) is 3. The zero-order chi connectivity index (χ0) is 23.5. The molecule has 0 radical (unpaired) electrons. The highest BCUT2D eigenvalue weighted by molar-refractivity contribution is 7.99. The summed E-state index contributed by atoms with van der Waals surface area (Å²) in [5.74, 6) is 0.217. The SMILES string of the molecule is C=CCn1c(SCC(=O)c2cc(C)n(CCOC)c2C)nc2scc(-c3cccs3)c2c1=O. The second-order valence-electron chi connectivity index (χ2n) is 7.55.